The zero-order valence-corrected chi connectivity index (χ0v) is 18.1. The number of para-hydroxylation sites is 1. The molecule has 0 unspecified atom stereocenters. The summed E-state index contributed by atoms with van der Waals surface area (Å²) in [4.78, 5) is 43.5. The number of nitrogen functional groups attached to an aromatic ring is 2. The van der Waals surface area contributed by atoms with Gasteiger partial charge in [0, 0.05) is 33.8 Å². The van der Waals surface area contributed by atoms with E-state index in [4.69, 9.17) is 16.2 Å². The molecule has 2 heterocycles. The maximum absolute atomic E-state index is 13.1. The van der Waals surface area contributed by atoms with Crippen LogP contribution in [0.15, 0.2) is 33.9 Å². The van der Waals surface area contributed by atoms with Crippen molar-refractivity contribution in [1.29, 1.82) is 0 Å². The lowest BCUT2D eigenvalue weighted by molar-refractivity contribution is 0.409. The molecule has 0 saturated heterocycles. The van der Waals surface area contributed by atoms with Gasteiger partial charge in [-0.15, -0.1) is 0 Å². The van der Waals surface area contributed by atoms with Crippen LogP contribution in [0.25, 0.3) is 0 Å². The van der Waals surface area contributed by atoms with E-state index in [1.54, 1.807) is 62.3 Å². The molecule has 3 rings (SSSR count). The van der Waals surface area contributed by atoms with E-state index >= 15 is 0 Å². The van der Waals surface area contributed by atoms with Crippen molar-refractivity contribution in [3.63, 3.8) is 0 Å². The van der Waals surface area contributed by atoms with Crippen LogP contribution in [0.1, 0.15) is 22.6 Å². The highest BCUT2D eigenvalue weighted by atomic mass is 16.5. The van der Waals surface area contributed by atoms with Gasteiger partial charge in [-0.2, -0.15) is 9.97 Å². The number of ether oxygens (including phenoxy) is 1. The van der Waals surface area contributed by atoms with Gasteiger partial charge in [-0.25, -0.2) is 0 Å². The SMILES string of the molecule is COc1ccccc1C(c1c(N)nc(N(C)C)[nH]c1=O)c1c(N)nc(N(C)C)[nH]c1=O. The van der Waals surface area contributed by atoms with Crippen molar-refractivity contribution in [3.05, 3.63) is 61.7 Å². The summed E-state index contributed by atoms with van der Waals surface area (Å²) >= 11 is 0. The zero-order valence-electron chi connectivity index (χ0n) is 18.1. The van der Waals surface area contributed by atoms with Gasteiger partial charge in [-0.1, -0.05) is 18.2 Å². The number of aromatic nitrogens is 4. The van der Waals surface area contributed by atoms with Crippen LogP contribution >= 0.6 is 0 Å². The number of H-pyrrole nitrogens is 2. The Balaban J connectivity index is 2.40. The fourth-order valence-electron chi connectivity index (χ4n) is 3.32. The molecule has 0 bridgehead atoms. The molecule has 3 aromatic rings. The van der Waals surface area contributed by atoms with Gasteiger partial charge in [0.2, 0.25) is 11.9 Å². The molecule has 0 aliphatic heterocycles. The van der Waals surface area contributed by atoms with Crippen LogP contribution in [-0.2, 0) is 0 Å². The van der Waals surface area contributed by atoms with Crippen molar-refractivity contribution in [2.24, 2.45) is 0 Å². The average Bonchev–Trinajstić information content (AvgIpc) is 2.71. The molecule has 0 aliphatic rings. The van der Waals surface area contributed by atoms with Crippen LogP contribution in [0.2, 0.25) is 0 Å². The summed E-state index contributed by atoms with van der Waals surface area (Å²) in [6, 6.07) is 7.01. The third-order valence-electron chi connectivity index (χ3n) is 4.82. The normalized spacial score (nSPS) is 10.9. The van der Waals surface area contributed by atoms with Crippen LogP contribution in [0.5, 0.6) is 5.75 Å². The summed E-state index contributed by atoms with van der Waals surface area (Å²) in [6.07, 6.45) is 0. The van der Waals surface area contributed by atoms with Gasteiger partial charge < -0.3 is 26.0 Å². The highest BCUT2D eigenvalue weighted by molar-refractivity contribution is 5.60. The Morgan fingerprint density at radius 1 is 0.871 bits per heavy atom. The van der Waals surface area contributed by atoms with Gasteiger partial charge in [0.25, 0.3) is 11.1 Å². The average molecular weight is 426 g/mol. The number of nitrogens with zero attached hydrogens (tertiary/aromatic N) is 4. The van der Waals surface area contributed by atoms with E-state index < -0.39 is 17.0 Å². The number of rotatable bonds is 6. The third kappa shape index (κ3) is 4.02. The molecular formula is C20H26N8O3. The van der Waals surface area contributed by atoms with Crippen molar-refractivity contribution < 1.29 is 4.74 Å². The van der Waals surface area contributed by atoms with E-state index in [0.29, 0.717) is 11.3 Å². The number of anilines is 4. The molecule has 11 heteroatoms. The van der Waals surface area contributed by atoms with Crippen molar-refractivity contribution >= 4 is 23.5 Å². The Labute approximate surface area is 178 Å². The molecule has 6 N–H and O–H groups in total. The Morgan fingerprint density at radius 3 is 1.71 bits per heavy atom. The predicted octanol–water partition coefficient (Wildman–Crippen LogP) is 0.338. The first kappa shape index (κ1) is 21.7. The molecule has 0 spiro atoms. The highest BCUT2D eigenvalue weighted by Gasteiger charge is 2.31. The summed E-state index contributed by atoms with van der Waals surface area (Å²) in [7, 11) is 8.39. The summed E-state index contributed by atoms with van der Waals surface area (Å²) in [5.41, 5.74) is 12.1. The van der Waals surface area contributed by atoms with Crippen LogP contribution in [0.4, 0.5) is 23.5 Å². The Hall–Kier alpha value is -4.02. The second-order valence-corrected chi connectivity index (χ2v) is 7.34. The molecule has 0 aliphatic carbocycles. The fraction of sp³-hybridized carbons (Fsp3) is 0.300. The minimum atomic E-state index is -0.962. The summed E-state index contributed by atoms with van der Waals surface area (Å²) < 4.78 is 5.49. The van der Waals surface area contributed by atoms with E-state index in [2.05, 4.69) is 19.9 Å². The second kappa shape index (κ2) is 8.38. The van der Waals surface area contributed by atoms with E-state index in [9.17, 15) is 9.59 Å². The molecule has 0 amide bonds. The number of hydrogen-bond donors (Lipinski definition) is 4. The van der Waals surface area contributed by atoms with Crippen LogP contribution in [0, 0.1) is 0 Å². The quantitative estimate of drug-likeness (QED) is 0.436. The Morgan fingerprint density at radius 2 is 1.32 bits per heavy atom. The molecule has 2 aromatic heterocycles. The van der Waals surface area contributed by atoms with Gasteiger partial charge in [0.1, 0.15) is 17.4 Å². The molecule has 0 radical (unpaired) electrons. The van der Waals surface area contributed by atoms with Crippen molar-refractivity contribution in [1.82, 2.24) is 19.9 Å². The zero-order chi connectivity index (χ0) is 22.9. The first-order valence-corrected chi connectivity index (χ1v) is 9.42. The molecule has 1 aromatic carbocycles. The van der Waals surface area contributed by atoms with Crippen molar-refractivity contribution in [3.8, 4) is 5.75 Å². The topological polar surface area (TPSA) is 159 Å². The van der Waals surface area contributed by atoms with E-state index in [1.165, 1.54) is 7.11 Å². The third-order valence-corrected chi connectivity index (χ3v) is 4.82. The molecule has 0 fully saturated rings. The lowest BCUT2D eigenvalue weighted by atomic mass is 9.85. The molecular weight excluding hydrogens is 400 g/mol. The fourth-order valence-corrected chi connectivity index (χ4v) is 3.32. The monoisotopic (exact) mass is 426 g/mol. The second-order valence-electron chi connectivity index (χ2n) is 7.34. The Bertz CT molecular complexity index is 1140. The van der Waals surface area contributed by atoms with E-state index in [1.807, 2.05) is 0 Å². The van der Waals surface area contributed by atoms with Gasteiger partial charge in [0.05, 0.1) is 24.2 Å². The van der Waals surface area contributed by atoms with E-state index in [-0.39, 0.29) is 34.7 Å². The smallest absolute Gasteiger partial charge is 0.258 e. The molecule has 11 nitrogen and oxygen atoms in total. The van der Waals surface area contributed by atoms with Gasteiger partial charge >= 0.3 is 0 Å². The number of benzene rings is 1. The number of nitrogens with two attached hydrogens (primary N) is 2. The summed E-state index contributed by atoms with van der Waals surface area (Å²) in [6.45, 7) is 0. The first-order chi connectivity index (χ1) is 14.6. The van der Waals surface area contributed by atoms with E-state index in [0.717, 1.165) is 0 Å². The Kier molecular flexibility index (Phi) is 5.86. The number of methoxy groups -OCH3 is 1. The number of nitrogens with one attached hydrogen (secondary N) is 2. The molecule has 164 valence electrons. The van der Waals surface area contributed by atoms with Crippen molar-refractivity contribution in [2.75, 3.05) is 56.6 Å². The van der Waals surface area contributed by atoms with Gasteiger partial charge in [-0.3, -0.25) is 19.6 Å². The maximum atomic E-state index is 13.1. The molecule has 0 saturated carbocycles. The molecule has 0 atom stereocenters. The lowest BCUT2D eigenvalue weighted by Gasteiger charge is -2.23. The van der Waals surface area contributed by atoms with Crippen molar-refractivity contribution in [2.45, 2.75) is 5.92 Å². The summed E-state index contributed by atoms with van der Waals surface area (Å²) in [5.74, 6) is 0.00760. The minimum absolute atomic E-state index is 0.0288. The predicted molar refractivity (Wildman–Crippen MR) is 121 cm³/mol. The van der Waals surface area contributed by atoms with Crippen LogP contribution in [0.3, 0.4) is 0 Å². The standard InChI is InChI=1S/C20H26N8O3/c1-27(2)19-23-15(21)13(17(29)25-19)12(10-8-6-7-9-11(10)31-5)14-16(22)24-20(28(3)4)26-18(14)30/h6-9,12H,1-5H3,(H3,21,23,25,29)(H3,22,24,26,30). The maximum Gasteiger partial charge on any atom is 0.258 e. The van der Waals surface area contributed by atoms with Gasteiger partial charge in [-0.05, 0) is 6.07 Å². The first-order valence-electron chi connectivity index (χ1n) is 9.42. The number of hydrogen-bond acceptors (Lipinski definition) is 9. The highest BCUT2D eigenvalue weighted by Crippen LogP contribution is 2.38. The molecule has 31 heavy (non-hydrogen) atoms. The van der Waals surface area contributed by atoms with Crippen LogP contribution in [-0.4, -0.2) is 55.2 Å². The van der Waals surface area contributed by atoms with Gasteiger partial charge in [0.15, 0.2) is 0 Å². The largest absolute Gasteiger partial charge is 0.496 e. The minimum Gasteiger partial charge on any atom is -0.496 e. The lowest BCUT2D eigenvalue weighted by Crippen LogP contribution is -2.30. The number of aromatic amines is 2. The summed E-state index contributed by atoms with van der Waals surface area (Å²) in [5, 5.41) is 0. The van der Waals surface area contributed by atoms with Crippen LogP contribution < -0.4 is 37.1 Å².